The van der Waals surface area contributed by atoms with Gasteiger partial charge < -0.3 is 10.2 Å². The molecule has 1 N–H and O–H groups in total. The third-order valence-corrected chi connectivity index (χ3v) is 6.88. The van der Waals surface area contributed by atoms with Gasteiger partial charge in [-0.15, -0.1) is 5.10 Å². The average Bonchev–Trinajstić information content (AvgIpc) is 3.43. The van der Waals surface area contributed by atoms with Crippen LogP contribution >= 0.6 is 0 Å². The first-order chi connectivity index (χ1) is 15.9. The lowest BCUT2D eigenvalue weighted by Gasteiger charge is -2.45. The maximum atomic E-state index is 13.1. The highest BCUT2D eigenvalue weighted by Gasteiger charge is 2.51. The predicted octanol–water partition coefficient (Wildman–Crippen LogP) is 2.95. The number of nitrogens with zero attached hydrogens (tertiary/aromatic N) is 6. The topological polar surface area (TPSA) is 79.2 Å². The number of benzene rings is 2. The van der Waals surface area contributed by atoms with E-state index in [0.717, 1.165) is 43.0 Å². The third kappa shape index (κ3) is 3.78. The minimum absolute atomic E-state index is 0.0765. The Morgan fingerprint density at radius 1 is 0.970 bits per heavy atom. The van der Waals surface area contributed by atoms with Crippen molar-refractivity contribution in [1.29, 1.82) is 0 Å². The summed E-state index contributed by atoms with van der Waals surface area (Å²) < 4.78 is 1.92. The second-order valence-corrected chi connectivity index (χ2v) is 9.93. The third-order valence-electron chi connectivity index (χ3n) is 6.88. The van der Waals surface area contributed by atoms with E-state index >= 15 is 0 Å². The first kappa shape index (κ1) is 21.6. The van der Waals surface area contributed by atoms with E-state index in [0.29, 0.717) is 6.67 Å². The van der Waals surface area contributed by atoms with Gasteiger partial charge in [0.25, 0.3) is 0 Å². The van der Waals surface area contributed by atoms with Crippen LogP contribution < -0.4 is 10.2 Å². The van der Waals surface area contributed by atoms with Crippen molar-refractivity contribution in [3.8, 4) is 0 Å². The molecule has 172 valence electrons. The number of carbonyl (C=O) groups is 1. The number of anilines is 1. The largest absolute Gasteiger partial charge is 0.339 e. The molecule has 0 saturated carbocycles. The second-order valence-electron chi connectivity index (χ2n) is 9.93. The molecule has 1 unspecified atom stereocenters. The van der Waals surface area contributed by atoms with E-state index in [4.69, 9.17) is 0 Å². The number of likely N-dealkylation sites (tertiary alicyclic amines) is 1. The van der Waals surface area contributed by atoms with Crippen molar-refractivity contribution < 1.29 is 4.79 Å². The number of rotatable bonds is 4. The number of aromatic nitrogens is 4. The Hall–Kier alpha value is -3.26. The van der Waals surface area contributed by atoms with Crippen molar-refractivity contribution in [1.82, 2.24) is 30.4 Å². The number of piperidine rings is 1. The minimum Gasteiger partial charge on any atom is -0.339 e. The molecule has 2 aliphatic heterocycles. The van der Waals surface area contributed by atoms with Gasteiger partial charge in [-0.1, -0.05) is 48.5 Å². The standard InChI is InChI=1S/C25H31N7O/c1-24(2,3)32-22(27-28-29-32)21(19-10-6-4-7-11-19)30-16-14-25(15-17-30)23(33)26-18-31(25)20-12-8-5-9-13-20/h4-13,21H,14-18H2,1-3H3,(H,26,33). The van der Waals surface area contributed by atoms with E-state index in [1.807, 2.05) is 28.9 Å². The summed E-state index contributed by atoms with van der Waals surface area (Å²) in [5.41, 5.74) is 1.48. The van der Waals surface area contributed by atoms with Gasteiger partial charge in [0.1, 0.15) is 5.54 Å². The molecule has 1 atom stereocenters. The zero-order valence-corrected chi connectivity index (χ0v) is 19.5. The van der Waals surface area contributed by atoms with Gasteiger partial charge >= 0.3 is 0 Å². The number of hydrogen-bond acceptors (Lipinski definition) is 6. The van der Waals surface area contributed by atoms with Crippen LogP contribution in [0.2, 0.25) is 0 Å². The van der Waals surface area contributed by atoms with E-state index in [-0.39, 0.29) is 17.5 Å². The molecule has 2 aromatic carbocycles. The van der Waals surface area contributed by atoms with Gasteiger partial charge in [-0.25, -0.2) is 4.68 Å². The number of nitrogens with one attached hydrogen (secondary N) is 1. The van der Waals surface area contributed by atoms with Crippen LogP contribution in [0.25, 0.3) is 0 Å². The van der Waals surface area contributed by atoms with Gasteiger partial charge in [0, 0.05) is 18.8 Å². The highest BCUT2D eigenvalue weighted by Crippen LogP contribution is 2.39. The lowest BCUT2D eigenvalue weighted by Crippen LogP contribution is -2.57. The first-order valence-electron chi connectivity index (χ1n) is 11.6. The molecule has 0 aliphatic carbocycles. The van der Waals surface area contributed by atoms with E-state index in [1.165, 1.54) is 0 Å². The Morgan fingerprint density at radius 3 is 2.24 bits per heavy atom. The van der Waals surface area contributed by atoms with Gasteiger partial charge in [-0.05, 0) is 61.7 Å². The summed E-state index contributed by atoms with van der Waals surface area (Å²) in [6.45, 7) is 8.43. The molecule has 1 amide bonds. The lowest BCUT2D eigenvalue weighted by molar-refractivity contribution is -0.125. The maximum Gasteiger partial charge on any atom is 0.247 e. The van der Waals surface area contributed by atoms with Crippen LogP contribution in [-0.4, -0.2) is 56.3 Å². The molecular weight excluding hydrogens is 414 g/mol. The highest BCUT2D eigenvalue weighted by atomic mass is 16.2. The van der Waals surface area contributed by atoms with Crippen molar-refractivity contribution >= 4 is 11.6 Å². The van der Waals surface area contributed by atoms with Crippen molar-refractivity contribution in [2.24, 2.45) is 0 Å². The second kappa shape index (κ2) is 8.26. The van der Waals surface area contributed by atoms with Crippen molar-refractivity contribution in [3.63, 3.8) is 0 Å². The maximum absolute atomic E-state index is 13.1. The molecule has 0 bridgehead atoms. The zero-order valence-electron chi connectivity index (χ0n) is 19.5. The fourth-order valence-corrected chi connectivity index (χ4v) is 5.19. The molecule has 2 saturated heterocycles. The van der Waals surface area contributed by atoms with Crippen molar-refractivity contribution in [2.45, 2.75) is 50.7 Å². The van der Waals surface area contributed by atoms with Crippen LogP contribution in [0.15, 0.2) is 60.7 Å². The van der Waals surface area contributed by atoms with Gasteiger partial charge in [-0.2, -0.15) is 0 Å². The molecular formula is C25H31N7O. The Bertz CT molecular complexity index is 1100. The number of para-hydroxylation sites is 1. The summed E-state index contributed by atoms with van der Waals surface area (Å²) in [6, 6.07) is 20.6. The van der Waals surface area contributed by atoms with Crippen LogP contribution in [0, 0.1) is 0 Å². The van der Waals surface area contributed by atoms with E-state index in [1.54, 1.807) is 0 Å². The van der Waals surface area contributed by atoms with Crippen LogP contribution in [0.5, 0.6) is 0 Å². The van der Waals surface area contributed by atoms with Gasteiger partial charge in [0.05, 0.1) is 18.2 Å². The normalized spacial score (nSPS) is 19.6. The molecule has 2 aliphatic rings. The quantitative estimate of drug-likeness (QED) is 0.665. The number of amides is 1. The lowest BCUT2D eigenvalue weighted by atomic mass is 9.84. The highest BCUT2D eigenvalue weighted by molar-refractivity contribution is 5.93. The fourth-order valence-electron chi connectivity index (χ4n) is 5.19. The van der Waals surface area contributed by atoms with E-state index < -0.39 is 5.54 Å². The van der Waals surface area contributed by atoms with Crippen molar-refractivity contribution in [2.75, 3.05) is 24.7 Å². The summed E-state index contributed by atoms with van der Waals surface area (Å²) in [4.78, 5) is 17.7. The van der Waals surface area contributed by atoms with Crippen molar-refractivity contribution in [3.05, 3.63) is 72.1 Å². The minimum atomic E-state index is -0.519. The molecule has 2 fully saturated rings. The Morgan fingerprint density at radius 2 is 1.61 bits per heavy atom. The molecule has 5 rings (SSSR count). The Labute approximate surface area is 194 Å². The zero-order chi connectivity index (χ0) is 23.1. The SMILES string of the molecule is CC(C)(C)n1nnnc1C(c1ccccc1)N1CCC2(CC1)C(=O)NCN2c1ccccc1. The number of carbonyl (C=O) groups excluding carboxylic acids is 1. The first-order valence-corrected chi connectivity index (χ1v) is 11.6. The monoisotopic (exact) mass is 445 g/mol. The molecule has 8 heteroatoms. The van der Waals surface area contributed by atoms with Gasteiger partial charge in [0.2, 0.25) is 5.91 Å². The molecule has 0 radical (unpaired) electrons. The molecule has 3 heterocycles. The number of hydrogen-bond donors (Lipinski definition) is 1. The molecule has 1 aromatic heterocycles. The fraction of sp³-hybridized carbons (Fsp3) is 0.440. The average molecular weight is 446 g/mol. The Balaban J connectivity index is 1.47. The van der Waals surface area contributed by atoms with Crippen LogP contribution in [0.3, 0.4) is 0 Å². The van der Waals surface area contributed by atoms with Gasteiger partial charge in [0.15, 0.2) is 5.82 Å². The summed E-state index contributed by atoms with van der Waals surface area (Å²) >= 11 is 0. The summed E-state index contributed by atoms with van der Waals surface area (Å²) in [5.74, 6) is 0.960. The summed E-state index contributed by atoms with van der Waals surface area (Å²) in [7, 11) is 0. The Kier molecular flexibility index (Phi) is 5.40. The van der Waals surface area contributed by atoms with Gasteiger partial charge in [-0.3, -0.25) is 9.69 Å². The smallest absolute Gasteiger partial charge is 0.247 e. The number of tetrazole rings is 1. The van der Waals surface area contributed by atoms with E-state index in [2.05, 4.69) is 87.8 Å². The summed E-state index contributed by atoms with van der Waals surface area (Å²) in [5, 5.41) is 15.9. The molecule has 1 spiro atoms. The van der Waals surface area contributed by atoms with Crippen LogP contribution in [0.1, 0.15) is 51.0 Å². The molecule has 33 heavy (non-hydrogen) atoms. The van der Waals surface area contributed by atoms with Crippen LogP contribution in [0.4, 0.5) is 5.69 Å². The molecule has 8 nitrogen and oxygen atoms in total. The summed E-state index contributed by atoms with van der Waals surface area (Å²) in [6.07, 6.45) is 1.49. The predicted molar refractivity (Wildman–Crippen MR) is 127 cm³/mol. The van der Waals surface area contributed by atoms with Crippen LogP contribution in [-0.2, 0) is 10.3 Å². The van der Waals surface area contributed by atoms with E-state index in [9.17, 15) is 4.79 Å². The molecule has 3 aromatic rings.